The summed E-state index contributed by atoms with van der Waals surface area (Å²) in [5, 5.41) is 7.21. The lowest BCUT2D eigenvalue weighted by molar-refractivity contribution is -0.116. The molecule has 2 heterocycles. The van der Waals surface area contributed by atoms with Gasteiger partial charge in [-0.2, -0.15) is 9.78 Å². The monoisotopic (exact) mass is 484 g/mol. The molecule has 0 bridgehead atoms. The molecule has 0 radical (unpaired) electrons. The number of halogens is 1. The molecule has 178 valence electrons. The second kappa shape index (κ2) is 9.47. The summed E-state index contributed by atoms with van der Waals surface area (Å²) < 4.78 is 43.2. The minimum Gasteiger partial charge on any atom is -0.310 e. The van der Waals surface area contributed by atoms with Crippen LogP contribution >= 0.6 is 0 Å². The van der Waals surface area contributed by atoms with Crippen molar-refractivity contribution in [3.63, 3.8) is 0 Å². The number of sulfonamides is 1. The Morgan fingerprint density at radius 3 is 2.56 bits per heavy atom. The summed E-state index contributed by atoms with van der Waals surface area (Å²) in [6.45, 7) is 3.66. The molecule has 3 aromatic rings. The van der Waals surface area contributed by atoms with Crippen LogP contribution in [0.5, 0.6) is 0 Å². The van der Waals surface area contributed by atoms with Crippen LogP contribution in [0.25, 0.3) is 11.1 Å². The van der Waals surface area contributed by atoms with E-state index in [4.69, 9.17) is 0 Å². The van der Waals surface area contributed by atoms with Gasteiger partial charge in [0.15, 0.2) is 0 Å². The fourth-order valence-corrected chi connectivity index (χ4v) is 5.18. The zero-order valence-electron chi connectivity index (χ0n) is 18.9. The van der Waals surface area contributed by atoms with E-state index in [0.717, 1.165) is 6.42 Å². The maximum Gasteiger partial charge on any atom is 0.249 e. The third kappa shape index (κ3) is 4.78. The molecule has 0 atom stereocenters. The second-order valence-electron chi connectivity index (χ2n) is 8.21. The summed E-state index contributed by atoms with van der Waals surface area (Å²) in [6.07, 6.45) is 1.41. The highest BCUT2D eigenvalue weighted by Gasteiger charge is 2.28. The standard InChI is InChI=1S/C24H25FN4O4S/c1-3-4-19-23(24-27-21(30)11-12-22(31)29(24)28-19)17-8-5-15(2)20(13-17)34(32,33)26-14-16-6-9-18(25)10-7-16/h5-10,13,26H,3-4,11-12,14H2,1-2H3,(H,27,30). The van der Waals surface area contributed by atoms with Crippen LogP contribution < -0.4 is 10.0 Å². The van der Waals surface area contributed by atoms with Gasteiger partial charge in [0.2, 0.25) is 21.8 Å². The van der Waals surface area contributed by atoms with E-state index in [9.17, 15) is 22.4 Å². The number of aromatic nitrogens is 2. The number of nitrogens with one attached hydrogen (secondary N) is 2. The number of rotatable bonds is 7. The highest BCUT2D eigenvalue weighted by molar-refractivity contribution is 7.89. The van der Waals surface area contributed by atoms with Crippen LogP contribution in [-0.4, -0.2) is 30.0 Å². The molecular weight excluding hydrogens is 459 g/mol. The van der Waals surface area contributed by atoms with E-state index in [1.165, 1.54) is 35.0 Å². The van der Waals surface area contributed by atoms with Gasteiger partial charge in [-0.1, -0.05) is 37.6 Å². The van der Waals surface area contributed by atoms with Gasteiger partial charge in [-0.3, -0.25) is 9.59 Å². The van der Waals surface area contributed by atoms with Gasteiger partial charge in [0.25, 0.3) is 0 Å². The first-order valence-electron chi connectivity index (χ1n) is 11.0. The average molecular weight is 485 g/mol. The minimum absolute atomic E-state index is 0.00110. The predicted molar refractivity (Wildman–Crippen MR) is 125 cm³/mol. The van der Waals surface area contributed by atoms with Gasteiger partial charge in [0, 0.05) is 24.9 Å². The minimum atomic E-state index is -3.91. The smallest absolute Gasteiger partial charge is 0.249 e. The quantitative estimate of drug-likeness (QED) is 0.530. The molecule has 2 aromatic carbocycles. The molecule has 1 aliphatic rings. The van der Waals surface area contributed by atoms with Gasteiger partial charge in [0.1, 0.15) is 11.6 Å². The SMILES string of the molecule is CCCc1nn2c(c1-c1ccc(C)c(S(=O)(=O)NCc3ccc(F)cc3)c1)NC(=O)CCC2=O. The number of amides is 1. The number of aryl methyl sites for hydroxylation is 2. The molecule has 0 spiro atoms. The first kappa shape index (κ1) is 23.8. The molecule has 4 rings (SSSR count). The molecule has 1 amide bonds. The van der Waals surface area contributed by atoms with E-state index in [1.54, 1.807) is 19.1 Å². The molecule has 0 saturated heterocycles. The number of nitrogens with zero attached hydrogens (tertiary/aromatic N) is 2. The van der Waals surface area contributed by atoms with Gasteiger partial charge in [-0.25, -0.2) is 17.5 Å². The number of fused-ring (bicyclic) bond motifs is 1. The van der Waals surface area contributed by atoms with Crippen molar-refractivity contribution in [3.8, 4) is 11.1 Å². The molecule has 1 aromatic heterocycles. The third-order valence-corrected chi connectivity index (χ3v) is 7.19. The molecule has 0 unspecified atom stereocenters. The molecule has 10 heteroatoms. The number of anilines is 1. The molecule has 0 aliphatic carbocycles. The van der Waals surface area contributed by atoms with Gasteiger partial charge in [0.05, 0.1) is 10.6 Å². The van der Waals surface area contributed by atoms with E-state index >= 15 is 0 Å². The van der Waals surface area contributed by atoms with Gasteiger partial charge >= 0.3 is 0 Å². The second-order valence-corrected chi connectivity index (χ2v) is 9.94. The lowest BCUT2D eigenvalue weighted by atomic mass is 10.0. The number of hydrogen-bond donors (Lipinski definition) is 2. The van der Waals surface area contributed by atoms with Crippen LogP contribution in [0.1, 0.15) is 47.8 Å². The van der Waals surface area contributed by atoms with Crippen LogP contribution in [0.2, 0.25) is 0 Å². The summed E-state index contributed by atoms with van der Waals surface area (Å²) in [5.41, 5.74) is 2.84. The normalized spacial score (nSPS) is 14.0. The molecule has 0 fully saturated rings. The Morgan fingerprint density at radius 1 is 1.12 bits per heavy atom. The Labute approximate surface area is 197 Å². The molecule has 1 aliphatic heterocycles. The molecule has 0 saturated carbocycles. The summed E-state index contributed by atoms with van der Waals surface area (Å²) in [4.78, 5) is 24.9. The zero-order valence-corrected chi connectivity index (χ0v) is 19.7. The molecule has 2 N–H and O–H groups in total. The topological polar surface area (TPSA) is 110 Å². The van der Waals surface area contributed by atoms with Crippen molar-refractivity contribution in [1.29, 1.82) is 0 Å². The van der Waals surface area contributed by atoms with E-state index in [2.05, 4.69) is 15.1 Å². The van der Waals surface area contributed by atoms with Crippen LogP contribution in [0.4, 0.5) is 10.2 Å². The van der Waals surface area contributed by atoms with Gasteiger partial charge in [-0.15, -0.1) is 0 Å². The fraction of sp³-hybridized carbons (Fsp3) is 0.292. The summed E-state index contributed by atoms with van der Waals surface area (Å²) in [7, 11) is -3.91. The first-order valence-corrected chi connectivity index (χ1v) is 12.5. The summed E-state index contributed by atoms with van der Waals surface area (Å²) >= 11 is 0. The van der Waals surface area contributed by atoms with Crippen molar-refractivity contribution in [2.45, 2.75) is 51.0 Å². The van der Waals surface area contributed by atoms with Crippen LogP contribution in [0.3, 0.4) is 0 Å². The van der Waals surface area contributed by atoms with E-state index in [0.29, 0.717) is 34.4 Å². The summed E-state index contributed by atoms with van der Waals surface area (Å²) in [5.74, 6) is -0.721. The average Bonchev–Trinajstić information content (AvgIpc) is 3.08. The number of hydrogen-bond acceptors (Lipinski definition) is 5. The van der Waals surface area contributed by atoms with E-state index in [-0.39, 0.29) is 41.9 Å². The van der Waals surface area contributed by atoms with Crippen molar-refractivity contribution in [3.05, 3.63) is 65.1 Å². The highest BCUT2D eigenvalue weighted by Crippen LogP contribution is 2.36. The number of carbonyl (C=O) groups is 2. The van der Waals surface area contributed by atoms with Crippen LogP contribution in [0, 0.1) is 12.7 Å². The van der Waals surface area contributed by atoms with Crippen LogP contribution in [-0.2, 0) is 27.8 Å². The number of carbonyl (C=O) groups excluding carboxylic acids is 2. The van der Waals surface area contributed by atoms with Crippen LogP contribution in [0.15, 0.2) is 47.4 Å². The van der Waals surface area contributed by atoms with Gasteiger partial charge in [-0.05, 0) is 48.2 Å². The van der Waals surface area contributed by atoms with Crippen molar-refractivity contribution < 1.29 is 22.4 Å². The van der Waals surface area contributed by atoms with Crippen molar-refractivity contribution >= 4 is 27.7 Å². The van der Waals surface area contributed by atoms with E-state index < -0.39 is 15.8 Å². The molecular formula is C24H25FN4O4S. The Hall–Kier alpha value is -3.37. The number of benzene rings is 2. The Bertz CT molecular complexity index is 1360. The molecule has 8 nitrogen and oxygen atoms in total. The fourth-order valence-electron chi connectivity index (χ4n) is 3.90. The van der Waals surface area contributed by atoms with Crippen molar-refractivity contribution in [1.82, 2.24) is 14.5 Å². The summed E-state index contributed by atoms with van der Waals surface area (Å²) in [6, 6.07) is 10.5. The largest absolute Gasteiger partial charge is 0.310 e. The predicted octanol–water partition coefficient (Wildman–Crippen LogP) is 3.80. The Kier molecular flexibility index (Phi) is 6.63. The zero-order chi connectivity index (χ0) is 24.5. The maximum absolute atomic E-state index is 13.1. The van der Waals surface area contributed by atoms with Gasteiger partial charge < -0.3 is 5.32 Å². The molecule has 34 heavy (non-hydrogen) atoms. The van der Waals surface area contributed by atoms with E-state index in [1.807, 2.05) is 6.92 Å². The first-order chi connectivity index (χ1) is 16.2. The third-order valence-electron chi connectivity index (χ3n) is 5.65. The highest BCUT2D eigenvalue weighted by atomic mass is 32.2. The van der Waals surface area contributed by atoms with Crippen molar-refractivity contribution in [2.24, 2.45) is 0 Å². The lowest BCUT2D eigenvalue weighted by Crippen LogP contribution is -2.24. The Balaban J connectivity index is 1.75. The lowest BCUT2D eigenvalue weighted by Gasteiger charge is -2.13. The van der Waals surface area contributed by atoms with Crippen molar-refractivity contribution in [2.75, 3.05) is 5.32 Å². The Morgan fingerprint density at radius 2 is 1.85 bits per heavy atom. The maximum atomic E-state index is 13.1.